The van der Waals surface area contributed by atoms with Crippen molar-refractivity contribution in [2.45, 2.75) is 45.0 Å². The van der Waals surface area contributed by atoms with Crippen LogP contribution in [-0.2, 0) is 0 Å². The zero-order valence-corrected chi connectivity index (χ0v) is 18.0. The van der Waals surface area contributed by atoms with Crippen LogP contribution in [0.5, 0.6) is 5.75 Å². The van der Waals surface area contributed by atoms with Crippen LogP contribution in [-0.4, -0.2) is 49.1 Å². The van der Waals surface area contributed by atoms with Crippen molar-refractivity contribution in [3.8, 4) is 11.4 Å². The molecule has 2 heterocycles. The highest BCUT2D eigenvalue weighted by Gasteiger charge is 2.26. The predicted octanol–water partition coefficient (Wildman–Crippen LogP) is 3.49. The third kappa shape index (κ3) is 3.95. The maximum Gasteiger partial charge on any atom is 0.214 e. The van der Waals surface area contributed by atoms with E-state index >= 15 is 0 Å². The molecule has 0 saturated heterocycles. The number of hydrogen-bond donors (Lipinski definition) is 1. The summed E-state index contributed by atoms with van der Waals surface area (Å²) in [5, 5.41) is 11.9. The van der Waals surface area contributed by atoms with Gasteiger partial charge in [0.05, 0.1) is 18.1 Å². The molecule has 2 aromatic heterocycles. The lowest BCUT2D eigenvalue weighted by Gasteiger charge is -2.12. The van der Waals surface area contributed by atoms with Crippen LogP contribution in [0.4, 0.5) is 0 Å². The van der Waals surface area contributed by atoms with Crippen LogP contribution in [0, 0.1) is 20.8 Å². The first-order chi connectivity index (χ1) is 13.7. The lowest BCUT2D eigenvalue weighted by atomic mass is 10.0. The van der Waals surface area contributed by atoms with Gasteiger partial charge < -0.3 is 9.72 Å². The zero-order chi connectivity index (χ0) is 21.3. The second-order valence-corrected chi connectivity index (χ2v) is 8.16. The Labute approximate surface area is 173 Å². The minimum absolute atomic E-state index is 0.0638. The Morgan fingerprint density at radius 3 is 2.59 bits per heavy atom. The normalized spacial score (nSPS) is 12.1. The van der Waals surface area contributed by atoms with E-state index in [1.54, 1.807) is 32.6 Å². The highest BCUT2D eigenvalue weighted by molar-refractivity contribution is 8.00. The van der Waals surface area contributed by atoms with Crippen molar-refractivity contribution in [1.82, 2.24) is 25.2 Å². The zero-order valence-electron chi connectivity index (χ0n) is 17.2. The SMILES string of the molecule is COc1ccc(C)cc1-n1nnnc1SC(C)C(=O)c1[nH]c(C)c(C(C)=O)c1C. The molecule has 9 heteroatoms. The van der Waals surface area contributed by atoms with Crippen LogP contribution in [0.3, 0.4) is 0 Å². The van der Waals surface area contributed by atoms with Gasteiger partial charge in [0.25, 0.3) is 0 Å². The van der Waals surface area contributed by atoms with Crippen LogP contribution in [0.2, 0.25) is 0 Å². The maximum absolute atomic E-state index is 13.0. The fourth-order valence-corrected chi connectivity index (χ4v) is 4.17. The molecule has 1 unspecified atom stereocenters. The summed E-state index contributed by atoms with van der Waals surface area (Å²) in [6.07, 6.45) is 0. The number of H-pyrrole nitrogens is 1. The van der Waals surface area contributed by atoms with Crippen molar-refractivity contribution >= 4 is 23.3 Å². The summed E-state index contributed by atoms with van der Waals surface area (Å²) in [6.45, 7) is 8.84. The molecular weight excluding hydrogens is 390 g/mol. The number of hydrogen-bond acceptors (Lipinski definition) is 7. The smallest absolute Gasteiger partial charge is 0.214 e. The van der Waals surface area contributed by atoms with Crippen LogP contribution in [0.1, 0.15) is 51.5 Å². The minimum atomic E-state index is -0.466. The number of aryl methyl sites for hydroxylation is 2. The number of nitrogens with zero attached hydrogens (tertiary/aromatic N) is 4. The quantitative estimate of drug-likeness (QED) is 0.467. The first kappa shape index (κ1) is 20.8. The average molecular weight is 414 g/mol. The number of tetrazole rings is 1. The molecule has 0 spiro atoms. The Balaban J connectivity index is 1.90. The van der Waals surface area contributed by atoms with E-state index in [2.05, 4.69) is 20.5 Å². The molecule has 0 aliphatic rings. The second-order valence-electron chi connectivity index (χ2n) is 6.85. The van der Waals surface area contributed by atoms with Crippen molar-refractivity contribution in [1.29, 1.82) is 0 Å². The van der Waals surface area contributed by atoms with Crippen LogP contribution < -0.4 is 4.74 Å². The summed E-state index contributed by atoms with van der Waals surface area (Å²) < 4.78 is 6.99. The van der Waals surface area contributed by atoms with E-state index in [0.29, 0.717) is 39.1 Å². The molecule has 1 N–H and O–H groups in total. The van der Waals surface area contributed by atoms with Gasteiger partial charge in [-0.15, -0.1) is 5.10 Å². The molecule has 3 rings (SSSR count). The van der Waals surface area contributed by atoms with Gasteiger partial charge in [-0.1, -0.05) is 17.8 Å². The molecule has 0 fully saturated rings. The number of benzene rings is 1. The lowest BCUT2D eigenvalue weighted by molar-refractivity contribution is 0.0988. The number of ether oxygens (including phenoxy) is 1. The first-order valence-electron chi connectivity index (χ1n) is 9.09. The third-order valence-electron chi connectivity index (χ3n) is 4.69. The standard InChI is InChI=1S/C20H23N5O3S/c1-10-7-8-16(28-6)15(9-10)25-20(22-23-24-25)29-14(5)19(27)18-11(2)17(13(4)26)12(3)21-18/h7-9,14,21H,1-6H3. The van der Waals surface area contributed by atoms with E-state index in [4.69, 9.17) is 4.74 Å². The van der Waals surface area contributed by atoms with E-state index in [1.807, 2.05) is 25.1 Å². The molecule has 8 nitrogen and oxygen atoms in total. The van der Waals surface area contributed by atoms with Gasteiger partial charge in [-0.25, -0.2) is 0 Å². The van der Waals surface area contributed by atoms with Crippen LogP contribution >= 0.6 is 11.8 Å². The number of nitrogens with one attached hydrogen (secondary N) is 1. The minimum Gasteiger partial charge on any atom is -0.494 e. The van der Waals surface area contributed by atoms with E-state index in [9.17, 15) is 9.59 Å². The molecular formula is C20H23N5O3S. The summed E-state index contributed by atoms with van der Waals surface area (Å²) in [4.78, 5) is 28.0. The largest absolute Gasteiger partial charge is 0.494 e. The molecule has 0 bridgehead atoms. The highest BCUT2D eigenvalue weighted by Crippen LogP contribution is 2.30. The van der Waals surface area contributed by atoms with E-state index in [0.717, 1.165) is 5.56 Å². The maximum atomic E-state index is 13.0. The van der Waals surface area contributed by atoms with Crippen molar-refractivity contribution in [2.24, 2.45) is 0 Å². The molecule has 3 aromatic rings. The number of ketones is 2. The summed E-state index contributed by atoms with van der Waals surface area (Å²) in [6, 6.07) is 5.71. The average Bonchev–Trinajstić information content (AvgIpc) is 3.24. The van der Waals surface area contributed by atoms with E-state index < -0.39 is 5.25 Å². The number of carbonyl (C=O) groups is 2. The molecule has 1 aromatic carbocycles. The van der Waals surface area contributed by atoms with E-state index in [-0.39, 0.29) is 11.6 Å². The first-order valence-corrected chi connectivity index (χ1v) is 9.96. The van der Waals surface area contributed by atoms with Crippen molar-refractivity contribution in [3.05, 3.63) is 46.3 Å². The van der Waals surface area contributed by atoms with Crippen LogP contribution in [0.25, 0.3) is 5.69 Å². The van der Waals surface area contributed by atoms with Gasteiger partial charge in [-0.2, -0.15) is 4.68 Å². The molecule has 0 amide bonds. The Morgan fingerprint density at radius 2 is 1.97 bits per heavy atom. The van der Waals surface area contributed by atoms with Gasteiger partial charge in [0.2, 0.25) is 5.16 Å². The van der Waals surface area contributed by atoms with Gasteiger partial charge in [-0.05, 0) is 68.3 Å². The number of aromatic amines is 1. The van der Waals surface area contributed by atoms with Crippen molar-refractivity contribution in [3.63, 3.8) is 0 Å². The Morgan fingerprint density at radius 1 is 1.24 bits per heavy atom. The molecule has 0 saturated carbocycles. The third-order valence-corrected chi connectivity index (χ3v) is 5.72. The van der Waals surface area contributed by atoms with Gasteiger partial charge >= 0.3 is 0 Å². The summed E-state index contributed by atoms with van der Waals surface area (Å²) in [5.41, 5.74) is 4.12. The van der Waals surface area contributed by atoms with Gasteiger partial charge in [0, 0.05) is 11.3 Å². The highest BCUT2D eigenvalue weighted by atomic mass is 32.2. The number of rotatable bonds is 7. The summed E-state index contributed by atoms with van der Waals surface area (Å²) >= 11 is 1.25. The second kappa shape index (κ2) is 8.20. The van der Waals surface area contributed by atoms with Crippen LogP contribution in [0.15, 0.2) is 23.4 Å². The lowest BCUT2D eigenvalue weighted by Crippen LogP contribution is -2.16. The molecule has 0 aliphatic carbocycles. The molecule has 0 radical (unpaired) electrons. The van der Waals surface area contributed by atoms with Gasteiger partial charge in [-0.3, -0.25) is 9.59 Å². The molecule has 29 heavy (non-hydrogen) atoms. The monoisotopic (exact) mass is 413 g/mol. The molecule has 152 valence electrons. The topological polar surface area (TPSA) is 103 Å². The van der Waals surface area contributed by atoms with E-state index in [1.165, 1.54) is 18.7 Å². The predicted molar refractivity (Wildman–Crippen MR) is 110 cm³/mol. The Hall–Kier alpha value is -2.94. The summed E-state index contributed by atoms with van der Waals surface area (Å²) in [7, 11) is 1.58. The molecule has 1 atom stereocenters. The Bertz CT molecular complexity index is 1090. The van der Waals surface area contributed by atoms with Crippen molar-refractivity contribution in [2.75, 3.05) is 7.11 Å². The fourth-order valence-electron chi connectivity index (χ4n) is 3.31. The number of thioether (sulfide) groups is 1. The Kier molecular flexibility index (Phi) is 5.88. The number of aromatic nitrogens is 5. The fraction of sp³-hybridized carbons (Fsp3) is 0.350. The summed E-state index contributed by atoms with van der Waals surface area (Å²) in [5.74, 6) is 0.450. The van der Waals surface area contributed by atoms with Crippen molar-refractivity contribution < 1.29 is 14.3 Å². The van der Waals surface area contributed by atoms with Gasteiger partial charge in [0.1, 0.15) is 11.4 Å². The number of Topliss-reactive ketones (excluding diaryl/α,β-unsaturated/α-hetero) is 2. The molecule has 0 aliphatic heterocycles. The van der Waals surface area contributed by atoms with Gasteiger partial charge in [0.15, 0.2) is 11.6 Å². The number of methoxy groups -OCH3 is 1. The number of carbonyl (C=O) groups excluding carboxylic acids is 2.